The van der Waals surface area contributed by atoms with Crippen molar-refractivity contribution in [3.63, 3.8) is 0 Å². The summed E-state index contributed by atoms with van der Waals surface area (Å²) in [4.78, 5) is 17.7. The van der Waals surface area contributed by atoms with Crippen LogP contribution in [0.5, 0.6) is 0 Å². The molecular formula is C23H20N2O. The van der Waals surface area contributed by atoms with Gasteiger partial charge < -0.3 is 4.40 Å². The molecule has 0 bridgehead atoms. The zero-order chi connectivity index (χ0) is 18.1. The number of fused-ring (bicyclic) bond motifs is 1. The summed E-state index contributed by atoms with van der Waals surface area (Å²) in [5.74, 6) is 0.101. The van der Waals surface area contributed by atoms with E-state index >= 15 is 0 Å². The third kappa shape index (κ3) is 2.82. The minimum atomic E-state index is 0.101. The van der Waals surface area contributed by atoms with Gasteiger partial charge in [0.1, 0.15) is 5.65 Å². The minimum absolute atomic E-state index is 0.101. The van der Waals surface area contributed by atoms with Crippen LogP contribution in [0, 0.1) is 13.8 Å². The van der Waals surface area contributed by atoms with E-state index < -0.39 is 0 Å². The molecule has 0 amide bonds. The molecule has 4 rings (SSSR count). The largest absolute Gasteiger partial charge is 0.303 e. The lowest BCUT2D eigenvalue weighted by molar-refractivity contribution is 0.0992. The van der Waals surface area contributed by atoms with Gasteiger partial charge in [-0.05, 0) is 37.1 Å². The smallest absolute Gasteiger partial charge is 0.168 e. The van der Waals surface area contributed by atoms with Crippen LogP contribution in [-0.4, -0.2) is 15.2 Å². The van der Waals surface area contributed by atoms with Crippen molar-refractivity contribution < 1.29 is 4.79 Å². The van der Waals surface area contributed by atoms with Gasteiger partial charge in [0, 0.05) is 17.3 Å². The molecule has 3 nitrogen and oxygen atoms in total. The quantitative estimate of drug-likeness (QED) is 0.488. The van der Waals surface area contributed by atoms with Crippen LogP contribution in [0.25, 0.3) is 16.9 Å². The summed E-state index contributed by atoms with van der Waals surface area (Å²) in [7, 11) is 0. The van der Waals surface area contributed by atoms with Gasteiger partial charge in [0.05, 0.1) is 17.8 Å². The SMILES string of the molecule is Cc1cccc(C)c1-c1nc2ccccn2c1CC(=O)c1ccccc1. The number of imidazole rings is 1. The molecule has 4 aromatic rings. The molecule has 2 aromatic heterocycles. The van der Waals surface area contributed by atoms with Crippen molar-refractivity contribution in [1.29, 1.82) is 0 Å². The molecule has 0 fully saturated rings. The van der Waals surface area contributed by atoms with Crippen LogP contribution in [0.15, 0.2) is 72.9 Å². The molecule has 0 aliphatic carbocycles. The highest BCUT2D eigenvalue weighted by Gasteiger charge is 2.20. The number of hydrogen-bond acceptors (Lipinski definition) is 2. The van der Waals surface area contributed by atoms with Gasteiger partial charge in [0.25, 0.3) is 0 Å². The Hall–Kier alpha value is -3.20. The first-order valence-corrected chi connectivity index (χ1v) is 8.76. The van der Waals surface area contributed by atoms with Crippen molar-refractivity contribution in [3.8, 4) is 11.3 Å². The Bertz CT molecular complexity index is 1070. The maximum Gasteiger partial charge on any atom is 0.168 e. The monoisotopic (exact) mass is 340 g/mol. The lowest BCUT2D eigenvalue weighted by atomic mass is 9.96. The van der Waals surface area contributed by atoms with Gasteiger partial charge in [-0.2, -0.15) is 0 Å². The normalized spacial score (nSPS) is 11.0. The van der Waals surface area contributed by atoms with E-state index in [9.17, 15) is 4.79 Å². The predicted molar refractivity (Wildman–Crippen MR) is 105 cm³/mol. The summed E-state index contributed by atoms with van der Waals surface area (Å²) >= 11 is 0. The molecule has 2 heterocycles. The summed E-state index contributed by atoms with van der Waals surface area (Å²) in [6.45, 7) is 4.18. The summed E-state index contributed by atoms with van der Waals surface area (Å²) in [5, 5.41) is 0. The average molecular weight is 340 g/mol. The highest BCUT2D eigenvalue weighted by atomic mass is 16.1. The van der Waals surface area contributed by atoms with E-state index in [0.717, 1.165) is 28.2 Å². The van der Waals surface area contributed by atoms with Gasteiger partial charge in [0.2, 0.25) is 0 Å². The Kier molecular flexibility index (Phi) is 4.13. The van der Waals surface area contributed by atoms with Crippen LogP contribution in [0.3, 0.4) is 0 Å². The van der Waals surface area contributed by atoms with Gasteiger partial charge in [-0.25, -0.2) is 4.98 Å². The molecule has 0 aliphatic heterocycles. The van der Waals surface area contributed by atoms with Crippen LogP contribution in [-0.2, 0) is 6.42 Å². The molecule has 0 aliphatic rings. The highest BCUT2D eigenvalue weighted by Crippen LogP contribution is 2.31. The second-order valence-corrected chi connectivity index (χ2v) is 6.57. The third-order valence-electron chi connectivity index (χ3n) is 4.77. The Morgan fingerprint density at radius 1 is 0.885 bits per heavy atom. The zero-order valence-corrected chi connectivity index (χ0v) is 14.9. The zero-order valence-electron chi connectivity index (χ0n) is 14.9. The number of aromatic nitrogens is 2. The lowest BCUT2D eigenvalue weighted by Crippen LogP contribution is -2.07. The molecule has 0 atom stereocenters. The van der Waals surface area contributed by atoms with Crippen molar-refractivity contribution in [3.05, 3.63) is 95.3 Å². The molecule has 0 unspecified atom stereocenters. The van der Waals surface area contributed by atoms with E-state index in [1.807, 2.05) is 59.1 Å². The fourth-order valence-corrected chi connectivity index (χ4v) is 3.48. The van der Waals surface area contributed by atoms with Crippen molar-refractivity contribution in [2.45, 2.75) is 20.3 Å². The van der Waals surface area contributed by atoms with Gasteiger partial charge in [0.15, 0.2) is 5.78 Å². The van der Waals surface area contributed by atoms with Crippen LogP contribution < -0.4 is 0 Å². The fourth-order valence-electron chi connectivity index (χ4n) is 3.48. The van der Waals surface area contributed by atoms with Crippen LogP contribution in [0.4, 0.5) is 0 Å². The van der Waals surface area contributed by atoms with E-state index in [-0.39, 0.29) is 5.78 Å². The number of nitrogens with zero attached hydrogens (tertiary/aromatic N) is 2. The minimum Gasteiger partial charge on any atom is -0.303 e. The second-order valence-electron chi connectivity index (χ2n) is 6.57. The molecule has 0 saturated carbocycles. The second kappa shape index (κ2) is 6.60. The standard InChI is InChI=1S/C23H20N2O/c1-16-9-8-10-17(2)22(16)23-19(25-14-7-6-13-21(25)24-23)15-20(26)18-11-4-3-5-12-18/h3-14H,15H2,1-2H3. The van der Waals surface area contributed by atoms with E-state index in [1.165, 1.54) is 11.1 Å². The Labute approximate surface area is 153 Å². The molecule has 3 heteroatoms. The Morgan fingerprint density at radius 3 is 2.31 bits per heavy atom. The highest BCUT2D eigenvalue weighted by molar-refractivity contribution is 5.98. The summed E-state index contributed by atoms with van der Waals surface area (Å²) in [6.07, 6.45) is 2.30. The number of hydrogen-bond donors (Lipinski definition) is 0. The number of carbonyl (C=O) groups is 1. The number of ketones is 1. The molecule has 0 radical (unpaired) electrons. The first-order valence-electron chi connectivity index (χ1n) is 8.76. The van der Waals surface area contributed by atoms with Crippen LogP contribution >= 0.6 is 0 Å². The summed E-state index contributed by atoms with van der Waals surface area (Å²) in [6, 6.07) is 21.6. The predicted octanol–water partition coefficient (Wildman–Crippen LogP) is 5.04. The molecule has 26 heavy (non-hydrogen) atoms. The number of rotatable bonds is 4. The third-order valence-corrected chi connectivity index (χ3v) is 4.77. The summed E-state index contributed by atoms with van der Waals surface area (Å²) in [5.41, 5.74) is 6.88. The number of carbonyl (C=O) groups excluding carboxylic acids is 1. The number of aryl methyl sites for hydroxylation is 2. The molecule has 0 N–H and O–H groups in total. The van der Waals surface area contributed by atoms with Crippen LogP contribution in [0.2, 0.25) is 0 Å². The number of Topliss-reactive ketones (excluding diaryl/α,β-unsaturated/α-hetero) is 1. The molecule has 0 saturated heterocycles. The van der Waals surface area contributed by atoms with Gasteiger partial charge in [-0.1, -0.05) is 54.6 Å². The first kappa shape index (κ1) is 16.3. The topological polar surface area (TPSA) is 34.4 Å². The maximum absolute atomic E-state index is 12.9. The van der Waals surface area contributed by atoms with E-state index in [0.29, 0.717) is 6.42 Å². The first-order chi connectivity index (χ1) is 12.6. The van der Waals surface area contributed by atoms with Gasteiger partial charge in [-0.3, -0.25) is 4.79 Å². The maximum atomic E-state index is 12.9. The Morgan fingerprint density at radius 2 is 1.58 bits per heavy atom. The fraction of sp³-hybridized carbons (Fsp3) is 0.130. The molecular weight excluding hydrogens is 320 g/mol. The van der Waals surface area contributed by atoms with E-state index in [1.54, 1.807) is 0 Å². The van der Waals surface area contributed by atoms with Crippen molar-refractivity contribution in [2.75, 3.05) is 0 Å². The molecule has 128 valence electrons. The lowest BCUT2D eigenvalue weighted by Gasteiger charge is -2.10. The van der Waals surface area contributed by atoms with Crippen molar-refractivity contribution in [1.82, 2.24) is 9.38 Å². The van der Waals surface area contributed by atoms with Gasteiger partial charge in [-0.15, -0.1) is 0 Å². The Balaban J connectivity index is 1.89. The molecule has 0 spiro atoms. The van der Waals surface area contributed by atoms with Gasteiger partial charge >= 0.3 is 0 Å². The summed E-state index contributed by atoms with van der Waals surface area (Å²) < 4.78 is 2.03. The van der Waals surface area contributed by atoms with Crippen molar-refractivity contribution in [2.24, 2.45) is 0 Å². The molecule has 2 aromatic carbocycles. The van der Waals surface area contributed by atoms with Crippen molar-refractivity contribution >= 4 is 11.4 Å². The average Bonchev–Trinajstić information content (AvgIpc) is 3.00. The number of pyridine rings is 1. The van der Waals surface area contributed by atoms with Crippen LogP contribution in [0.1, 0.15) is 27.2 Å². The van der Waals surface area contributed by atoms with E-state index in [4.69, 9.17) is 4.98 Å². The van der Waals surface area contributed by atoms with E-state index in [2.05, 4.69) is 32.0 Å². The number of benzene rings is 2.